The molecular formula is C24H19ClN2O2S. The van der Waals surface area contributed by atoms with Crippen LogP contribution >= 0.6 is 23.4 Å². The molecule has 4 nitrogen and oxygen atoms in total. The highest BCUT2D eigenvalue weighted by atomic mass is 35.5. The summed E-state index contributed by atoms with van der Waals surface area (Å²) in [6, 6.07) is 23.2. The highest BCUT2D eigenvalue weighted by Gasteiger charge is 2.23. The summed E-state index contributed by atoms with van der Waals surface area (Å²) >= 11 is 7.70. The van der Waals surface area contributed by atoms with Gasteiger partial charge in [-0.2, -0.15) is 0 Å². The standard InChI is InChI=1S/C24H19ClN2O2S/c1-16-7-9-17(10-8-16)15-29-21-12-11-18(13-20(21)25)14-22-23(28)27-24(30-22)26-19-5-3-2-4-6-19/h2-14H,15H2,1H3,(H,26,27,28)/b22-14-. The number of amides is 1. The molecule has 0 spiro atoms. The highest BCUT2D eigenvalue weighted by Crippen LogP contribution is 2.31. The Morgan fingerprint density at radius 1 is 1.07 bits per heavy atom. The first-order valence-electron chi connectivity index (χ1n) is 9.39. The molecule has 3 aromatic rings. The summed E-state index contributed by atoms with van der Waals surface area (Å²) in [5, 5.41) is 3.84. The van der Waals surface area contributed by atoms with Gasteiger partial charge in [0.1, 0.15) is 12.4 Å². The number of carbonyl (C=O) groups is 1. The maximum absolute atomic E-state index is 12.3. The van der Waals surface area contributed by atoms with E-state index in [2.05, 4.69) is 22.4 Å². The highest BCUT2D eigenvalue weighted by molar-refractivity contribution is 8.18. The van der Waals surface area contributed by atoms with Gasteiger partial charge in [-0.25, -0.2) is 4.99 Å². The van der Waals surface area contributed by atoms with E-state index in [0.29, 0.717) is 27.5 Å². The average molecular weight is 435 g/mol. The zero-order valence-electron chi connectivity index (χ0n) is 16.3. The van der Waals surface area contributed by atoms with E-state index in [-0.39, 0.29) is 5.91 Å². The minimum absolute atomic E-state index is 0.175. The van der Waals surface area contributed by atoms with Gasteiger partial charge in [0.15, 0.2) is 5.17 Å². The minimum atomic E-state index is -0.175. The first kappa shape index (κ1) is 20.3. The lowest BCUT2D eigenvalue weighted by molar-refractivity contribution is -0.115. The van der Waals surface area contributed by atoms with Gasteiger partial charge in [0.2, 0.25) is 0 Å². The smallest absolute Gasteiger partial charge is 0.264 e. The van der Waals surface area contributed by atoms with Crippen molar-refractivity contribution in [3.63, 3.8) is 0 Å². The van der Waals surface area contributed by atoms with Crippen LogP contribution in [0.25, 0.3) is 6.08 Å². The van der Waals surface area contributed by atoms with Gasteiger partial charge >= 0.3 is 0 Å². The molecule has 0 atom stereocenters. The van der Waals surface area contributed by atoms with Gasteiger partial charge in [0, 0.05) is 0 Å². The van der Waals surface area contributed by atoms with Crippen molar-refractivity contribution in [1.29, 1.82) is 0 Å². The Hall–Kier alpha value is -3.02. The number of para-hydroxylation sites is 1. The number of rotatable bonds is 5. The van der Waals surface area contributed by atoms with E-state index in [4.69, 9.17) is 16.3 Å². The Bertz CT molecular complexity index is 1130. The Balaban J connectivity index is 1.45. The molecule has 0 aromatic heterocycles. The molecule has 0 unspecified atom stereocenters. The molecule has 6 heteroatoms. The molecule has 1 aliphatic heterocycles. The monoisotopic (exact) mass is 434 g/mol. The van der Waals surface area contributed by atoms with Crippen LogP contribution < -0.4 is 10.1 Å². The van der Waals surface area contributed by atoms with Crippen LogP contribution in [0.15, 0.2) is 82.7 Å². The lowest BCUT2D eigenvalue weighted by Crippen LogP contribution is -2.19. The summed E-state index contributed by atoms with van der Waals surface area (Å²) in [7, 11) is 0. The summed E-state index contributed by atoms with van der Waals surface area (Å²) in [4.78, 5) is 17.3. The molecule has 1 N–H and O–H groups in total. The number of thioether (sulfide) groups is 1. The van der Waals surface area contributed by atoms with Crippen LogP contribution in [0.2, 0.25) is 5.02 Å². The number of hydrogen-bond acceptors (Lipinski definition) is 4. The number of amidine groups is 1. The van der Waals surface area contributed by atoms with Crippen molar-refractivity contribution in [3.8, 4) is 5.75 Å². The fourth-order valence-corrected chi connectivity index (χ4v) is 3.91. The quantitative estimate of drug-likeness (QED) is 0.492. The predicted octanol–water partition coefficient (Wildman–Crippen LogP) is 6.12. The van der Waals surface area contributed by atoms with Crippen molar-refractivity contribution >= 4 is 46.2 Å². The van der Waals surface area contributed by atoms with Crippen molar-refractivity contribution in [2.75, 3.05) is 0 Å². The second-order valence-corrected chi connectivity index (χ2v) is 8.22. The normalized spacial score (nSPS) is 16.1. The molecule has 30 heavy (non-hydrogen) atoms. The number of aryl methyl sites for hydroxylation is 1. The average Bonchev–Trinajstić information content (AvgIpc) is 3.08. The second kappa shape index (κ2) is 9.20. The third kappa shape index (κ3) is 5.12. The van der Waals surface area contributed by atoms with E-state index in [1.54, 1.807) is 12.1 Å². The van der Waals surface area contributed by atoms with Gasteiger partial charge in [0.25, 0.3) is 5.91 Å². The first-order valence-corrected chi connectivity index (χ1v) is 10.6. The SMILES string of the molecule is Cc1ccc(COc2ccc(/C=C3\SC(=Nc4ccccc4)NC3=O)cc2Cl)cc1. The molecule has 1 fully saturated rings. The summed E-state index contributed by atoms with van der Waals surface area (Å²) in [5.41, 5.74) is 3.90. The van der Waals surface area contributed by atoms with E-state index < -0.39 is 0 Å². The molecule has 0 bridgehead atoms. The zero-order valence-corrected chi connectivity index (χ0v) is 17.8. The van der Waals surface area contributed by atoms with Crippen LogP contribution in [0.1, 0.15) is 16.7 Å². The summed E-state index contributed by atoms with van der Waals surface area (Å²) in [5.74, 6) is 0.430. The molecule has 3 aromatic carbocycles. The maximum atomic E-state index is 12.3. The van der Waals surface area contributed by atoms with E-state index >= 15 is 0 Å². The van der Waals surface area contributed by atoms with Crippen molar-refractivity contribution < 1.29 is 9.53 Å². The Morgan fingerprint density at radius 2 is 1.83 bits per heavy atom. The van der Waals surface area contributed by atoms with Gasteiger partial charge in [-0.3, -0.25) is 4.79 Å². The number of nitrogens with zero attached hydrogens (tertiary/aromatic N) is 1. The largest absolute Gasteiger partial charge is 0.487 e. The molecule has 1 heterocycles. The Kier molecular flexibility index (Phi) is 6.21. The van der Waals surface area contributed by atoms with Gasteiger partial charge in [-0.15, -0.1) is 0 Å². The number of halogens is 1. The van der Waals surface area contributed by atoms with Gasteiger partial charge < -0.3 is 10.1 Å². The molecule has 0 aliphatic carbocycles. The molecule has 0 saturated carbocycles. The van der Waals surface area contributed by atoms with Crippen LogP contribution in [0.3, 0.4) is 0 Å². The van der Waals surface area contributed by atoms with Crippen molar-refractivity contribution in [2.45, 2.75) is 13.5 Å². The fourth-order valence-electron chi connectivity index (χ4n) is 2.82. The maximum Gasteiger partial charge on any atom is 0.264 e. The number of hydrogen-bond donors (Lipinski definition) is 1. The van der Waals surface area contributed by atoms with Crippen molar-refractivity contribution in [1.82, 2.24) is 5.32 Å². The second-order valence-electron chi connectivity index (χ2n) is 6.78. The van der Waals surface area contributed by atoms with Gasteiger partial charge in [-0.1, -0.05) is 65.7 Å². The third-order valence-corrected chi connectivity index (χ3v) is 5.61. The van der Waals surface area contributed by atoms with Crippen LogP contribution in [-0.4, -0.2) is 11.1 Å². The van der Waals surface area contributed by atoms with Gasteiger partial charge in [0.05, 0.1) is 15.6 Å². The summed E-state index contributed by atoms with van der Waals surface area (Å²) in [6.07, 6.45) is 1.79. The molecule has 1 saturated heterocycles. The number of carbonyl (C=O) groups excluding carboxylic acids is 1. The third-order valence-electron chi connectivity index (χ3n) is 4.41. The zero-order chi connectivity index (χ0) is 20.9. The van der Waals surface area contributed by atoms with E-state index in [9.17, 15) is 4.79 Å². The van der Waals surface area contributed by atoms with E-state index in [1.807, 2.05) is 61.5 Å². The van der Waals surface area contributed by atoms with E-state index in [1.165, 1.54) is 17.3 Å². The molecule has 1 amide bonds. The topological polar surface area (TPSA) is 50.7 Å². The number of aliphatic imine (C=N–C) groups is 1. The molecule has 4 rings (SSSR count). The van der Waals surface area contributed by atoms with Gasteiger partial charge in [-0.05, 0) is 60.2 Å². The van der Waals surface area contributed by atoms with Crippen molar-refractivity contribution in [2.24, 2.45) is 4.99 Å². The molecular weight excluding hydrogens is 416 g/mol. The van der Waals surface area contributed by atoms with Crippen LogP contribution in [0.5, 0.6) is 5.75 Å². The van der Waals surface area contributed by atoms with Crippen LogP contribution in [0, 0.1) is 6.92 Å². The number of benzene rings is 3. The minimum Gasteiger partial charge on any atom is -0.487 e. The predicted molar refractivity (Wildman–Crippen MR) is 124 cm³/mol. The molecule has 1 aliphatic rings. The fraction of sp³-hybridized carbons (Fsp3) is 0.0833. The summed E-state index contributed by atoms with van der Waals surface area (Å²) < 4.78 is 5.84. The molecule has 0 radical (unpaired) electrons. The Labute approximate surface area is 184 Å². The lowest BCUT2D eigenvalue weighted by atomic mass is 10.1. The van der Waals surface area contributed by atoms with E-state index in [0.717, 1.165) is 16.8 Å². The lowest BCUT2D eigenvalue weighted by Gasteiger charge is -2.09. The number of ether oxygens (including phenoxy) is 1. The van der Waals surface area contributed by atoms with Crippen LogP contribution in [-0.2, 0) is 11.4 Å². The first-order chi connectivity index (χ1) is 14.6. The van der Waals surface area contributed by atoms with Crippen LogP contribution in [0.4, 0.5) is 5.69 Å². The Morgan fingerprint density at radius 3 is 2.57 bits per heavy atom. The summed E-state index contributed by atoms with van der Waals surface area (Å²) in [6.45, 7) is 2.49. The van der Waals surface area contributed by atoms with Crippen molar-refractivity contribution in [3.05, 3.63) is 99.4 Å². The number of nitrogens with one attached hydrogen (secondary N) is 1. The molecule has 150 valence electrons.